The number of likely N-dealkylation sites (tertiary alicyclic amines) is 1. The van der Waals surface area contributed by atoms with Gasteiger partial charge in [-0.2, -0.15) is 0 Å². The molecule has 6 rings (SSSR count). The Morgan fingerprint density at radius 1 is 1.03 bits per heavy atom. The van der Waals surface area contributed by atoms with E-state index in [4.69, 9.17) is 16.3 Å². The number of ether oxygens (including phenoxy) is 1. The Hall–Kier alpha value is -2.97. The summed E-state index contributed by atoms with van der Waals surface area (Å²) in [4.78, 5) is 45.4. The summed E-state index contributed by atoms with van der Waals surface area (Å²) in [6, 6.07) is 9.29. The number of hydrogen-bond donors (Lipinski definition) is 1. The fourth-order valence-corrected chi connectivity index (χ4v) is 6.14. The lowest BCUT2D eigenvalue weighted by atomic mass is 9.85. The maximum absolute atomic E-state index is 13.0. The minimum absolute atomic E-state index is 0.0965. The number of carbonyl (C=O) groups excluding carboxylic acids is 3. The molecule has 188 valence electrons. The average Bonchev–Trinajstić information content (AvgIpc) is 3.16. The quantitative estimate of drug-likeness (QED) is 0.623. The van der Waals surface area contributed by atoms with E-state index >= 15 is 0 Å². The van der Waals surface area contributed by atoms with Crippen LogP contribution in [0.25, 0.3) is 0 Å². The number of aromatic nitrogens is 1. The first-order valence-corrected chi connectivity index (χ1v) is 13.1. The van der Waals surface area contributed by atoms with Crippen molar-refractivity contribution in [1.82, 2.24) is 20.1 Å². The van der Waals surface area contributed by atoms with Gasteiger partial charge in [0, 0.05) is 55.5 Å². The minimum atomic E-state index is -0.607. The first-order chi connectivity index (χ1) is 17.5. The molecule has 8 nitrogen and oxygen atoms in total. The zero-order valence-corrected chi connectivity index (χ0v) is 20.7. The van der Waals surface area contributed by atoms with Gasteiger partial charge in [0.15, 0.2) is 0 Å². The van der Waals surface area contributed by atoms with Crippen LogP contribution in [0.1, 0.15) is 66.1 Å². The number of piperidine rings is 1. The number of carbonyl (C=O) groups is 3. The zero-order valence-electron chi connectivity index (χ0n) is 20.0. The number of nitrogens with one attached hydrogen (secondary N) is 1. The summed E-state index contributed by atoms with van der Waals surface area (Å²) in [5, 5.41) is 3.01. The summed E-state index contributed by atoms with van der Waals surface area (Å²) in [5.41, 5.74) is 2.56. The Balaban J connectivity index is 1.11. The lowest BCUT2D eigenvalue weighted by Gasteiger charge is -2.48. The van der Waals surface area contributed by atoms with Crippen LogP contribution in [0, 0.1) is 0 Å². The SMILES string of the molecule is O=C1CC[C@@H](N2Cc3cc(O[C@H]4CCCC[C@H]4N4CC(c5ccc(Cl)cn5)C4)ccc3C2=O)C(=O)N1. The van der Waals surface area contributed by atoms with Crippen molar-refractivity contribution >= 4 is 29.3 Å². The number of fused-ring (bicyclic) bond motifs is 1. The minimum Gasteiger partial charge on any atom is -0.489 e. The van der Waals surface area contributed by atoms with E-state index in [1.165, 1.54) is 6.42 Å². The highest BCUT2D eigenvalue weighted by molar-refractivity contribution is 6.30. The van der Waals surface area contributed by atoms with Crippen LogP contribution in [0.15, 0.2) is 36.5 Å². The van der Waals surface area contributed by atoms with E-state index in [2.05, 4.69) is 15.2 Å². The van der Waals surface area contributed by atoms with Crippen molar-refractivity contribution in [3.63, 3.8) is 0 Å². The van der Waals surface area contributed by atoms with Gasteiger partial charge in [0.1, 0.15) is 17.9 Å². The number of hydrogen-bond acceptors (Lipinski definition) is 6. The molecular formula is C27H29ClN4O4. The number of nitrogens with zero attached hydrogens (tertiary/aromatic N) is 3. The molecule has 4 aliphatic rings. The largest absolute Gasteiger partial charge is 0.489 e. The summed E-state index contributed by atoms with van der Waals surface area (Å²) in [6.45, 7) is 2.30. The van der Waals surface area contributed by atoms with Gasteiger partial charge in [0.05, 0.1) is 5.02 Å². The molecule has 0 unspecified atom stereocenters. The third-order valence-electron chi connectivity index (χ3n) is 8.00. The number of halogens is 1. The van der Waals surface area contributed by atoms with E-state index in [0.29, 0.717) is 35.5 Å². The summed E-state index contributed by atoms with van der Waals surface area (Å²) in [7, 11) is 0. The average molecular weight is 509 g/mol. The second-order valence-corrected chi connectivity index (χ2v) is 10.7. The first-order valence-electron chi connectivity index (χ1n) is 12.8. The summed E-state index contributed by atoms with van der Waals surface area (Å²) >= 11 is 5.99. The molecule has 3 amide bonds. The molecule has 9 heteroatoms. The second kappa shape index (κ2) is 9.48. The maximum Gasteiger partial charge on any atom is 0.255 e. The molecule has 0 spiro atoms. The van der Waals surface area contributed by atoms with Gasteiger partial charge in [-0.05, 0) is 61.6 Å². The molecule has 1 N–H and O–H groups in total. The molecule has 36 heavy (non-hydrogen) atoms. The van der Waals surface area contributed by atoms with Gasteiger partial charge in [-0.1, -0.05) is 18.0 Å². The topological polar surface area (TPSA) is 91.8 Å². The fourth-order valence-electron chi connectivity index (χ4n) is 6.03. The van der Waals surface area contributed by atoms with Crippen LogP contribution in [-0.2, 0) is 16.1 Å². The molecule has 3 aliphatic heterocycles. The van der Waals surface area contributed by atoms with Gasteiger partial charge in [-0.15, -0.1) is 0 Å². The normalized spacial score (nSPS) is 27.0. The van der Waals surface area contributed by atoms with Gasteiger partial charge in [0.25, 0.3) is 5.91 Å². The lowest BCUT2D eigenvalue weighted by Crippen LogP contribution is -2.57. The Morgan fingerprint density at radius 3 is 2.64 bits per heavy atom. The summed E-state index contributed by atoms with van der Waals surface area (Å²) < 4.78 is 6.53. The van der Waals surface area contributed by atoms with Crippen molar-refractivity contribution in [2.75, 3.05) is 13.1 Å². The van der Waals surface area contributed by atoms with Crippen molar-refractivity contribution in [1.29, 1.82) is 0 Å². The number of pyridine rings is 1. The third-order valence-corrected chi connectivity index (χ3v) is 8.22. The van der Waals surface area contributed by atoms with Crippen LogP contribution in [0.2, 0.25) is 5.02 Å². The van der Waals surface area contributed by atoms with Crippen LogP contribution < -0.4 is 10.1 Å². The smallest absolute Gasteiger partial charge is 0.255 e. The molecule has 1 aromatic heterocycles. The van der Waals surface area contributed by atoms with E-state index in [9.17, 15) is 14.4 Å². The molecule has 3 atom stereocenters. The van der Waals surface area contributed by atoms with E-state index in [0.717, 1.165) is 49.4 Å². The molecule has 2 saturated heterocycles. The van der Waals surface area contributed by atoms with Crippen molar-refractivity contribution in [3.05, 3.63) is 58.4 Å². The fraction of sp³-hybridized carbons (Fsp3) is 0.481. The Kier molecular flexibility index (Phi) is 6.17. The molecule has 4 heterocycles. The van der Waals surface area contributed by atoms with E-state index in [1.807, 2.05) is 30.3 Å². The van der Waals surface area contributed by atoms with Crippen molar-refractivity contribution in [2.24, 2.45) is 0 Å². The number of benzene rings is 1. The summed E-state index contributed by atoms with van der Waals surface area (Å²) in [6.07, 6.45) is 6.88. The summed E-state index contributed by atoms with van der Waals surface area (Å²) in [5.74, 6) is 0.352. The molecule has 1 saturated carbocycles. The predicted molar refractivity (Wildman–Crippen MR) is 133 cm³/mol. The second-order valence-electron chi connectivity index (χ2n) is 10.3. The van der Waals surface area contributed by atoms with Gasteiger partial charge < -0.3 is 9.64 Å². The zero-order chi connectivity index (χ0) is 24.8. The number of amides is 3. The molecule has 0 radical (unpaired) electrons. The third kappa shape index (κ3) is 4.37. The molecule has 1 aromatic carbocycles. The predicted octanol–water partition coefficient (Wildman–Crippen LogP) is 3.29. The standard InChI is InChI=1S/C27H29ClN4O4/c28-18-5-8-21(29-12-18)17-13-31(14-17)22-3-1-2-4-24(22)36-19-6-7-20-16(11-19)15-32(27(20)35)23-9-10-25(33)30-26(23)34/h5-8,11-12,17,22-24H,1-4,9-10,13-15H2,(H,30,33,34)/t22-,23-,24+/m1/s1. The Bertz CT molecular complexity index is 1200. The van der Waals surface area contributed by atoms with Crippen molar-refractivity contribution in [3.8, 4) is 5.75 Å². The van der Waals surface area contributed by atoms with E-state index in [1.54, 1.807) is 11.1 Å². The van der Waals surface area contributed by atoms with Crippen LogP contribution in [-0.4, -0.2) is 63.8 Å². The number of rotatable bonds is 5. The monoisotopic (exact) mass is 508 g/mol. The van der Waals surface area contributed by atoms with Gasteiger partial charge >= 0.3 is 0 Å². The van der Waals surface area contributed by atoms with Crippen LogP contribution in [0.5, 0.6) is 5.75 Å². The highest BCUT2D eigenvalue weighted by Gasteiger charge is 2.41. The first kappa shape index (κ1) is 23.4. The van der Waals surface area contributed by atoms with Crippen LogP contribution in [0.4, 0.5) is 0 Å². The van der Waals surface area contributed by atoms with Crippen LogP contribution in [0.3, 0.4) is 0 Å². The van der Waals surface area contributed by atoms with Gasteiger partial charge in [-0.3, -0.25) is 29.6 Å². The van der Waals surface area contributed by atoms with Gasteiger partial charge in [0.2, 0.25) is 11.8 Å². The van der Waals surface area contributed by atoms with Gasteiger partial charge in [-0.25, -0.2) is 0 Å². The van der Waals surface area contributed by atoms with Crippen molar-refractivity contribution < 1.29 is 19.1 Å². The van der Waals surface area contributed by atoms with Crippen LogP contribution >= 0.6 is 11.6 Å². The highest BCUT2D eigenvalue weighted by atomic mass is 35.5. The highest BCUT2D eigenvalue weighted by Crippen LogP contribution is 2.36. The number of imide groups is 1. The lowest BCUT2D eigenvalue weighted by molar-refractivity contribution is -0.136. The maximum atomic E-state index is 13.0. The molecule has 3 fully saturated rings. The Labute approximate surface area is 214 Å². The molecule has 1 aliphatic carbocycles. The van der Waals surface area contributed by atoms with E-state index < -0.39 is 11.9 Å². The Morgan fingerprint density at radius 2 is 1.86 bits per heavy atom. The van der Waals surface area contributed by atoms with E-state index in [-0.39, 0.29) is 24.3 Å². The molecule has 0 bridgehead atoms. The molecule has 2 aromatic rings. The molecular weight excluding hydrogens is 480 g/mol. The van der Waals surface area contributed by atoms with Crippen molar-refractivity contribution in [2.45, 2.75) is 69.2 Å².